The molecule has 0 aromatic heterocycles. The van der Waals surface area contributed by atoms with Gasteiger partial charge >= 0.3 is 11.9 Å². The van der Waals surface area contributed by atoms with Crippen molar-refractivity contribution in [2.75, 3.05) is 0 Å². The number of benzene rings is 1. The Morgan fingerprint density at radius 3 is 2.22 bits per heavy atom. The first-order valence-corrected chi connectivity index (χ1v) is 6.05. The number of carboxylic acids is 2. The van der Waals surface area contributed by atoms with E-state index in [9.17, 15) is 14.4 Å². The average Bonchev–Trinajstić information content (AvgIpc) is 2.25. The molecule has 2 N–H and O–H groups in total. The summed E-state index contributed by atoms with van der Waals surface area (Å²) in [7, 11) is 0. The number of aromatic carboxylic acids is 2. The Balaban J connectivity index is 3.27. The SMILES string of the molecule is CC(=O)SCc1c(C)cc(C(=O)O)cc1C(=O)O. The zero-order chi connectivity index (χ0) is 13.9. The highest BCUT2D eigenvalue weighted by atomic mass is 32.2. The summed E-state index contributed by atoms with van der Waals surface area (Å²) < 4.78 is 0. The topological polar surface area (TPSA) is 91.7 Å². The van der Waals surface area contributed by atoms with E-state index in [1.807, 2.05) is 0 Å². The van der Waals surface area contributed by atoms with Crippen molar-refractivity contribution >= 4 is 28.8 Å². The van der Waals surface area contributed by atoms with Crippen LogP contribution in [0.4, 0.5) is 0 Å². The molecular formula is C12H12O5S. The van der Waals surface area contributed by atoms with E-state index in [0.29, 0.717) is 11.1 Å². The minimum absolute atomic E-state index is 0.0681. The quantitative estimate of drug-likeness (QED) is 0.869. The van der Waals surface area contributed by atoms with E-state index in [-0.39, 0.29) is 22.0 Å². The van der Waals surface area contributed by atoms with E-state index in [1.165, 1.54) is 13.0 Å². The van der Waals surface area contributed by atoms with Crippen LogP contribution in [0.1, 0.15) is 38.8 Å². The van der Waals surface area contributed by atoms with Crippen molar-refractivity contribution in [3.05, 3.63) is 34.4 Å². The first-order valence-electron chi connectivity index (χ1n) is 5.06. The number of hydrogen-bond donors (Lipinski definition) is 2. The van der Waals surface area contributed by atoms with Gasteiger partial charge in [0, 0.05) is 12.7 Å². The number of rotatable bonds is 4. The molecule has 0 spiro atoms. The fraction of sp³-hybridized carbons (Fsp3) is 0.250. The molecule has 0 atom stereocenters. The third kappa shape index (κ3) is 3.33. The van der Waals surface area contributed by atoms with Crippen molar-refractivity contribution in [2.45, 2.75) is 19.6 Å². The summed E-state index contributed by atoms with van der Waals surface area (Å²) in [6.07, 6.45) is 0. The Kier molecular flexibility index (Phi) is 4.49. The second-order valence-corrected chi connectivity index (χ2v) is 4.86. The smallest absolute Gasteiger partial charge is 0.336 e. The van der Waals surface area contributed by atoms with Crippen LogP contribution in [0.2, 0.25) is 0 Å². The van der Waals surface area contributed by atoms with Gasteiger partial charge in [0.25, 0.3) is 0 Å². The maximum Gasteiger partial charge on any atom is 0.336 e. The molecule has 6 heteroatoms. The molecule has 0 saturated heterocycles. The molecule has 1 aromatic rings. The molecule has 0 heterocycles. The number of thioether (sulfide) groups is 1. The zero-order valence-corrected chi connectivity index (χ0v) is 10.7. The van der Waals surface area contributed by atoms with Gasteiger partial charge in [0.15, 0.2) is 5.12 Å². The molecule has 0 fully saturated rings. The Morgan fingerprint density at radius 1 is 1.17 bits per heavy atom. The van der Waals surface area contributed by atoms with Gasteiger partial charge in [-0.1, -0.05) is 11.8 Å². The van der Waals surface area contributed by atoms with E-state index in [1.54, 1.807) is 6.92 Å². The summed E-state index contributed by atoms with van der Waals surface area (Å²) in [6, 6.07) is 2.53. The van der Waals surface area contributed by atoms with Crippen molar-refractivity contribution in [3.8, 4) is 0 Å². The lowest BCUT2D eigenvalue weighted by Crippen LogP contribution is -2.08. The first-order chi connectivity index (χ1) is 8.32. The van der Waals surface area contributed by atoms with E-state index >= 15 is 0 Å². The first kappa shape index (κ1) is 14.2. The van der Waals surface area contributed by atoms with Gasteiger partial charge in [-0.3, -0.25) is 4.79 Å². The number of carbonyl (C=O) groups excluding carboxylic acids is 1. The number of carboxylic acid groups (broad SMARTS) is 2. The van der Waals surface area contributed by atoms with Crippen LogP contribution in [0.25, 0.3) is 0 Å². The fourth-order valence-electron chi connectivity index (χ4n) is 1.50. The van der Waals surface area contributed by atoms with Crippen molar-refractivity contribution in [1.82, 2.24) is 0 Å². The number of hydrogen-bond acceptors (Lipinski definition) is 4. The summed E-state index contributed by atoms with van der Waals surface area (Å²) in [5, 5.41) is 17.8. The Bertz CT molecular complexity index is 521. The molecule has 18 heavy (non-hydrogen) atoms. The van der Waals surface area contributed by atoms with Gasteiger partial charge < -0.3 is 10.2 Å². The molecule has 0 unspecified atom stereocenters. The van der Waals surface area contributed by atoms with E-state index in [2.05, 4.69) is 0 Å². The monoisotopic (exact) mass is 268 g/mol. The third-order valence-electron chi connectivity index (χ3n) is 2.37. The van der Waals surface area contributed by atoms with Crippen molar-refractivity contribution < 1.29 is 24.6 Å². The highest BCUT2D eigenvalue weighted by molar-refractivity contribution is 8.12. The predicted molar refractivity (Wildman–Crippen MR) is 67.1 cm³/mol. The van der Waals surface area contributed by atoms with Gasteiger partial charge in [-0.15, -0.1) is 0 Å². The van der Waals surface area contributed by atoms with Crippen LogP contribution in [0.15, 0.2) is 12.1 Å². The second-order valence-electron chi connectivity index (χ2n) is 3.71. The number of carbonyl (C=O) groups is 3. The minimum atomic E-state index is -1.19. The lowest BCUT2D eigenvalue weighted by atomic mass is 9.99. The lowest BCUT2D eigenvalue weighted by molar-refractivity contribution is -0.109. The molecular weight excluding hydrogens is 256 g/mol. The molecule has 0 saturated carbocycles. The highest BCUT2D eigenvalue weighted by Gasteiger charge is 2.17. The van der Waals surface area contributed by atoms with Gasteiger partial charge in [-0.05, 0) is 30.2 Å². The van der Waals surface area contributed by atoms with Crippen molar-refractivity contribution in [2.24, 2.45) is 0 Å². The largest absolute Gasteiger partial charge is 0.478 e. The second kappa shape index (κ2) is 5.68. The summed E-state index contributed by atoms with van der Waals surface area (Å²) in [5.74, 6) is -2.14. The lowest BCUT2D eigenvalue weighted by Gasteiger charge is -2.10. The van der Waals surface area contributed by atoms with Gasteiger partial charge in [-0.25, -0.2) is 9.59 Å². The van der Waals surface area contributed by atoms with Crippen molar-refractivity contribution in [3.63, 3.8) is 0 Å². The zero-order valence-electron chi connectivity index (χ0n) is 9.89. The van der Waals surface area contributed by atoms with Crippen LogP contribution in [0, 0.1) is 6.92 Å². The summed E-state index contributed by atoms with van der Waals surface area (Å²) in [6.45, 7) is 3.03. The Labute approximate surface area is 108 Å². The highest BCUT2D eigenvalue weighted by Crippen LogP contribution is 2.23. The normalized spacial score (nSPS) is 10.1. The minimum Gasteiger partial charge on any atom is -0.478 e. The van der Waals surface area contributed by atoms with Crippen LogP contribution < -0.4 is 0 Å². The van der Waals surface area contributed by atoms with Gasteiger partial charge in [0.1, 0.15) is 0 Å². The molecule has 0 aliphatic carbocycles. The van der Waals surface area contributed by atoms with Gasteiger partial charge in [0.2, 0.25) is 0 Å². The summed E-state index contributed by atoms with van der Waals surface area (Å²) in [5.41, 5.74) is 0.899. The molecule has 5 nitrogen and oxygen atoms in total. The molecule has 0 amide bonds. The third-order valence-corrected chi connectivity index (χ3v) is 3.21. The Morgan fingerprint density at radius 2 is 1.78 bits per heavy atom. The standard InChI is InChI=1S/C12H12O5S/c1-6-3-8(11(14)15)4-9(12(16)17)10(6)5-18-7(2)13/h3-4H,5H2,1-2H3,(H,14,15)(H,16,17). The summed E-state index contributed by atoms with van der Waals surface area (Å²) >= 11 is 0.995. The number of aryl methyl sites for hydroxylation is 1. The molecule has 96 valence electrons. The van der Waals surface area contributed by atoms with Crippen LogP contribution in [0.5, 0.6) is 0 Å². The van der Waals surface area contributed by atoms with Crippen LogP contribution in [0.3, 0.4) is 0 Å². The van der Waals surface area contributed by atoms with Gasteiger partial charge in [-0.2, -0.15) is 0 Å². The van der Waals surface area contributed by atoms with E-state index in [4.69, 9.17) is 10.2 Å². The van der Waals surface area contributed by atoms with Crippen LogP contribution >= 0.6 is 11.8 Å². The van der Waals surface area contributed by atoms with Crippen LogP contribution in [-0.2, 0) is 10.5 Å². The van der Waals surface area contributed by atoms with E-state index < -0.39 is 11.9 Å². The maximum absolute atomic E-state index is 11.1. The van der Waals surface area contributed by atoms with Crippen molar-refractivity contribution in [1.29, 1.82) is 0 Å². The molecule has 0 aliphatic rings. The Hall–Kier alpha value is -1.82. The predicted octanol–water partition coefficient (Wildman–Crippen LogP) is 2.17. The molecule has 0 aliphatic heterocycles. The molecule has 1 rings (SSSR count). The molecule has 0 bridgehead atoms. The van der Waals surface area contributed by atoms with E-state index in [0.717, 1.165) is 17.8 Å². The summed E-state index contributed by atoms with van der Waals surface area (Å²) in [4.78, 5) is 32.9. The van der Waals surface area contributed by atoms with Gasteiger partial charge in [0.05, 0.1) is 11.1 Å². The molecule has 1 aromatic carbocycles. The molecule has 0 radical (unpaired) electrons. The fourth-order valence-corrected chi connectivity index (χ4v) is 2.23. The average molecular weight is 268 g/mol. The van der Waals surface area contributed by atoms with Crippen LogP contribution in [-0.4, -0.2) is 27.3 Å². The maximum atomic E-state index is 11.1.